The number of alkyl halides is 6. The molecule has 1 saturated carbocycles. The number of carbonyl (C=O) groups excluding carboxylic acids is 1. The van der Waals surface area contributed by atoms with Crippen molar-refractivity contribution in [1.82, 2.24) is 20.5 Å². The van der Waals surface area contributed by atoms with Crippen molar-refractivity contribution in [2.24, 2.45) is 0 Å². The van der Waals surface area contributed by atoms with Gasteiger partial charge in [-0.2, -0.15) is 26.3 Å². The third-order valence-electron chi connectivity index (χ3n) is 7.90. The normalized spacial score (nSPS) is 13.7. The number of carboxylic acids is 2. The summed E-state index contributed by atoms with van der Waals surface area (Å²) in [5.41, 5.74) is 1.82. The van der Waals surface area contributed by atoms with Crippen molar-refractivity contribution in [3.05, 3.63) is 62.8 Å². The zero-order chi connectivity index (χ0) is 39.8. The summed E-state index contributed by atoms with van der Waals surface area (Å²) in [6.07, 6.45) is -2.00. The predicted molar refractivity (Wildman–Crippen MR) is 179 cm³/mol. The third kappa shape index (κ3) is 16.1. The number of carbonyl (C=O) groups is 3. The lowest BCUT2D eigenvalue weighted by atomic mass is 10.1. The lowest BCUT2D eigenvalue weighted by molar-refractivity contribution is -0.193. The average Bonchev–Trinajstić information content (AvgIpc) is 3.28. The molecule has 1 amide bonds. The van der Waals surface area contributed by atoms with Crippen LogP contribution in [0.25, 0.3) is 10.2 Å². The van der Waals surface area contributed by atoms with Crippen molar-refractivity contribution >= 4 is 39.4 Å². The van der Waals surface area contributed by atoms with Crippen molar-refractivity contribution < 1.29 is 64.8 Å². The molecule has 1 aliphatic rings. The van der Waals surface area contributed by atoms with Gasteiger partial charge in [-0.25, -0.2) is 18.4 Å². The first-order chi connectivity index (χ1) is 24.8. The number of phenols is 1. The monoisotopic (exact) mass is 788 g/mol. The fourth-order valence-corrected chi connectivity index (χ4v) is 6.22. The van der Waals surface area contributed by atoms with Gasteiger partial charge in [-0.05, 0) is 74.2 Å². The molecule has 3 aromatic rings. The largest absolute Gasteiger partial charge is 0.506 e. The van der Waals surface area contributed by atoms with Gasteiger partial charge in [0.15, 0.2) is 0 Å². The van der Waals surface area contributed by atoms with Crippen molar-refractivity contribution in [2.75, 3.05) is 32.7 Å². The summed E-state index contributed by atoms with van der Waals surface area (Å²) in [5, 5.41) is 30.9. The van der Waals surface area contributed by atoms with E-state index in [1.807, 2.05) is 11.0 Å². The van der Waals surface area contributed by atoms with Gasteiger partial charge in [0.25, 0.3) is 0 Å². The first kappa shape index (κ1) is 44.9. The molecule has 6 N–H and O–H groups in total. The van der Waals surface area contributed by atoms with E-state index in [-0.39, 0.29) is 22.6 Å². The molecule has 0 spiro atoms. The summed E-state index contributed by atoms with van der Waals surface area (Å²) >= 11 is 1.10. The molecule has 2 aromatic carbocycles. The van der Waals surface area contributed by atoms with Crippen LogP contribution in [-0.2, 0) is 27.2 Å². The van der Waals surface area contributed by atoms with Crippen LogP contribution in [0.1, 0.15) is 56.1 Å². The van der Waals surface area contributed by atoms with Gasteiger partial charge in [0.05, 0.1) is 4.70 Å². The molecule has 1 heterocycles. The first-order valence-electron chi connectivity index (χ1n) is 16.4. The number of hydrogen-bond acceptors (Lipinski definition) is 8. The fourth-order valence-electron chi connectivity index (χ4n) is 5.32. The number of aliphatic carboxylic acids is 2. The summed E-state index contributed by atoms with van der Waals surface area (Å²) in [6, 6.07) is 7.17. The van der Waals surface area contributed by atoms with Crippen molar-refractivity contribution in [3.63, 3.8) is 0 Å². The SMILES string of the molecule is O=C(CCNCCc1cc(F)ccc1F)N(CCNCCc1ccc(O)c2[nH]c(=O)sc12)C1CCCCCC1.O=C(O)C(F)(F)F.O=C(O)C(F)(F)F. The fraction of sp³-hybridized carbons (Fsp3) is 0.515. The second kappa shape index (κ2) is 21.4. The standard InChI is InChI=1S/C29H38F2N4O3S.2C2HF3O2/c30-22-8-9-24(31)21(19-22)12-15-32-16-13-26(37)35(23-5-3-1-2-4-6-23)18-17-33-14-11-20-7-10-25(36)27-28(20)39-29(38)34-27;2*3-2(4,5)1(6)7/h7-10,19,23,32-33,36H,1-6,11-18H2,(H,34,38);2*(H,6,7). The number of phenolic OH excluding ortho intramolecular Hbond substituents is 1. The Kier molecular flexibility index (Phi) is 18.1. The molecule has 1 aromatic heterocycles. The molecule has 0 bridgehead atoms. The highest BCUT2D eigenvalue weighted by atomic mass is 32.1. The van der Waals surface area contributed by atoms with E-state index in [2.05, 4.69) is 15.6 Å². The summed E-state index contributed by atoms with van der Waals surface area (Å²) < 4.78 is 91.5. The molecule has 296 valence electrons. The Morgan fingerprint density at radius 2 is 1.36 bits per heavy atom. The van der Waals surface area contributed by atoms with Crippen LogP contribution >= 0.6 is 11.3 Å². The highest BCUT2D eigenvalue weighted by Crippen LogP contribution is 2.28. The number of hydrogen-bond donors (Lipinski definition) is 6. The van der Waals surface area contributed by atoms with Crippen molar-refractivity contribution in [3.8, 4) is 5.75 Å². The van der Waals surface area contributed by atoms with Crippen LogP contribution in [0.3, 0.4) is 0 Å². The van der Waals surface area contributed by atoms with Crippen LogP contribution < -0.4 is 15.5 Å². The number of fused-ring (bicyclic) bond motifs is 1. The number of aromatic hydroxyl groups is 1. The maximum absolute atomic E-state index is 13.8. The second-order valence-electron chi connectivity index (χ2n) is 11.8. The minimum atomic E-state index is -5.08. The Hall–Kier alpha value is -4.30. The zero-order valence-corrected chi connectivity index (χ0v) is 29.0. The average molecular weight is 789 g/mol. The summed E-state index contributed by atoms with van der Waals surface area (Å²) in [6.45, 7) is 2.94. The number of rotatable bonds is 13. The summed E-state index contributed by atoms with van der Waals surface area (Å²) in [4.78, 5) is 47.3. The van der Waals surface area contributed by atoms with Gasteiger partial charge in [-0.15, -0.1) is 0 Å². The molecule has 0 atom stereocenters. The molecular formula is C33H40F8N4O7S. The highest BCUT2D eigenvalue weighted by Gasteiger charge is 2.39. The number of amides is 1. The topological polar surface area (TPSA) is 172 Å². The minimum Gasteiger partial charge on any atom is -0.506 e. The number of nitrogens with one attached hydrogen (secondary N) is 3. The van der Waals surface area contributed by atoms with E-state index >= 15 is 0 Å². The van der Waals surface area contributed by atoms with Crippen LogP contribution in [0.5, 0.6) is 5.75 Å². The molecule has 53 heavy (non-hydrogen) atoms. The Balaban J connectivity index is 0.000000587. The van der Waals surface area contributed by atoms with Crippen LogP contribution in [0.4, 0.5) is 35.1 Å². The summed E-state index contributed by atoms with van der Waals surface area (Å²) in [5.74, 6) is -6.19. The smallest absolute Gasteiger partial charge is 0.490 e. The van der Waals surface area contributed by atoms with E-state index in [0.717, 1.165) is 59.4 Å². The predicted octanol–water partition coefficient (Wildman–Crippen LogP) is 5.75. The molecule has 0 radical (unpaired) electrons. The molecule has 11 nitrogen and oxygen atoms in total. The van der Waals surface area contributed by atoms with Gasteiger partial charge in [-0.1, -0.05) is 43.1 Å². The Morgan fingerprint density at radius 3 is 1.92 bits per heavy atom. The van der Waals surface area contributed by atoms with Crippen LogP contribution in [0.15, 0.2) is 35.1 Å². The van der Waals surface area contributed by atoms with Crippen LogP contribution in [0, 0.1) is 11.6 Å². The van der Waals surface area contributed by atoms with E-state index in [1.165, 1.54) is 18.9 Å². The lowest BCUT2D eigenvalue weighted by Crippen LogP contribution is -2.45. The number of benzene rings is 2. The van der Waals surface area contributed by atoms with Crippen LogP contribution in [-0.4, -0.2) is 94.2 Å². The zero-order valence-electron chi connectivity index (χ0n) is 28.2. The van der Waals surface area contributed by atoms with E-state index < -0.39 is 35.9 Å². The number of H-pyrrole nitrogens is 1. The molecule has 0 aliphatic heterocycles. The van der Waals surface area contributed by atoms with Gasteiger partial charge < -0.3 is 35.8 Å². The molecule has 1 fully saturated rings. The third-order valence-corrected chi connectivity index (χ3v) is 8.86. The lowest BCUT2D eigenvalue weighted by Gasteiger charge is -2.32. The molecule has 20 heteroatoms. The molecule has 0 unspecified atom stereocenters. The van der Waals surface area contributed by atoms with E-state index in [0.29, 0.717) is 63.1 Å². The Labute approximate surface area is 302 Å². The van der Waals surface area contributed by atoms with Gasteiger partial charge in [0.2, 0.25) is 5.91 Å². The van der Waals surface area contributed by atoms with Gasteiger partial charge in [0.1, 0.15) is 22.9 Å². The first-order valence-corrected chi connectivity index (χ1v) is 17.2. The minimum absolute atomic E-state index is 0.0771. The van der Waals surface area contributed by atoms with Crippen molar-refractivity contribution in [1.29, 1.82) is 0 Å². The highest BCUT2D eigenvalue weighted by molar-refractivity contribution is 7.16. The number of nitrogens with zero attached hydrogens (tertiary/aromatic N) is 1. The molecule has 0 saturated heterocycles. The maximum Gasteiger partial charge on any atom is 0.490 e. The van der Waals surface area contributed by atoms with Gasteiger partial charge >= 0.3 is 29.2 Å². The van der Waals surface area contributed by atoms with E-state index in [9.17, 15) is 49.8 Å². The number of halogens is 8. The molecule has 4 rings (SSSR count). The quantitative estimate of drug-likeness (QED) is 0.0718. The Morgan fingerprint density at radius 1 is 0.811 bits per heavy atom. The van der Waals surface area contributed by atoms with Gasteiger partial charge in [0, 0.05) is 32.1 Å². The molecular weight excluding hydrogens is 748 g/mol. The number of aromatic amines is 1. The van der Waals surface area contributed by atoms with Crippen LogP contribution in [0.2, 0.25) is 0 Å². The maximum atomic E-state index is 13.8. The number of aromatic nitrogens is 1. The number of carboxylic acid groups (broad SMARTS) is 2. The van der Waals surface area contributed by atoms with Gasteiger partial charge in [-0.3, -0.25) is 9.59 Å². The van der Waals surface area contributed by atoms with E-state index in [4.69, 9.17) is 19.8 Å². The second-order valence-corrected chi connectivity index (χ2v) is 12.8. The molecule has 1 aliphatic carbocycles. The number of thiazole rings is 1. The Bertz CT molecular complexity index is 1670. The van der Waals surface area contributed by atoms with E-state index in [1.54, 1.807) is 6.07 Å². The summed E-state index contributed by atoms with van der Waals surface area (Å²) in [7, 11) is 0. The van der Waals surface area contributed by atoms with Crippen molar-refractivity contribution in [2.45, 2.75) is 76.2 Å².